The average Bonchev–Trinajstić information content (AvgIpc) is 3.28. The van der Waals surface area contributed by atoms with Gasteiger partial charge in [-0.2, -0.15) is 0 Å². The van der Waals surface area contributed by atoms with E-state index in [1.807, 2.05) is 34.6 Å². The quantitative estimate of drug-likeness (QED) is 0.257. The number of hydrogen-bond donors (Lipinski definition) is 0. The van der Waals surface area contributed by atoms with Gasteiger partial charge in [-0.1, -0.05) is 142 Å². The monoisotopic (exact) mass is 509 g/mol. The fourth-order valence-corrected chi connectivity index (χ4v) is 7.25. The highest BCUT2D eigenvalue weighted by atomic mass is 14.7. The minimum atomic E-state index is 0.557. The summed E-state index contributed by atoms with van der Waals surface area (Å²) in [6.45, 7) is 37.5. The lowest BCUT2D eigenvalue weighted by Crippen LogP contribution is -2.58. The van der Waals surface area contributed by atoms with Gasteiger partial charge in [-0.3, -0.25) is 0 Å². The Labute approximate surface area is 233 Å². The fourth-order valence-electron chi connectivity index (χ4n) is 7.25. The lowest BCUT2D eigenvalue weighted by molar-refractivity contribution is -0.174. The molecule has 4 atom stereocenters. The molecule has 0 aromatic heterocycles. The topological polar surface area (TPSA) is 0 Å². The molecular formula is C36H76. The van der Waals surface area contributed by atoms with Crippen LogP contribution in [0.15, 0.2) is 12.7 Å². The molecule has 0 nitrogen and oxygen atoms in total. The number of allylic oxidation sites excluding steroid dienone is 1. The van der Waals surface area contributed by atoms with Crippen LogP contribution in [0.4, 0.5) is 0 Å². The number of hydrogen-bond acceptors (Lipinski definition) is 0. The summed E-state index contributed by atoms with van der Waals surface area (Å²) in [5.74, 6) is 3.53. The fraction of sp³-hybridized carbons (Fsp3) is 0.944. The largest absolute Gasteiger partial charge is 0.103 e. The van der Waals surface area contributed by atoms with Crippen LogP contribution in [-0.4, -0.2) is 0 Å². The van der Waals surface area contributed by atoms with E-state index in [9.17, 15) is 0 Å². The average molecular weight is 509 g/mol. The first kappa shape index (κ1) is 40.2. The van der Waals surface area contributed by atoms with E-state index < -0.39 is 0 Å². The molecule has 4 unspecified atom stereocenters. The second kappa shape index (κ2) is 21.6. The Morgan fingerprint density at radius 3 is 1.69 bits per heavy atom. The molecule has 2 fully saturated rings. The lowest BCUT2D eigenvalue weighted by Gasteiger charge is -2.66. The Hall–Kier alpha value is -0.260. The Balaban J connectivity index is -0.000000950. The van der Waals surface area contributed by atoms with Gasteiger partial charge in [0.2, 0.25) is 0 Å². The molecule has 0 heteroatoms. The van der Waals surface area contributed by atoms with Crippen molar-refractivity contribution in [2.75, 3.05) is 0 Å². The van der Waals surface area contributed by atoms with Crippen LogP contribution >= 0.6 is 0 Å². The maximum atomic E-state index is 3.36. The van der Waals surface area contributed by atoms with E-state index in [1.54, 1.807) is 6.08 Å². The first-order valence-electron chi connectivity index (χ1n) is 16.5. The van der Waals surface area contributed by atoms with E-state index in [4.69, 9.17) is 0 Å². The van der Waals surface area contributed by atoms with Crippen molar-refractivity contribution in [2.45, 2.75) is 181 Å². The molecular weight excluding hydrogens is 432 g/mol. The SMILES string of the molecule is C=CC.CC.CC.CCC.CCC(C)CCCC1(CC2(C)CC(C(C)C)C2(C)CC(C)C)CCCC1. The third-order valence-electron chi connectivity index (χ3n) is 9.03. The zero-order valence-corrected chi connectivity index (χ0v) is 28.6. The summed E-state index contributed by atoms with van der Waals surface area (Å²) in [5.41, 5.74) is 1.82. The first-order valence-corrected chi connectivity index (χ1v) is 16.5. The predicted octanol–water partition coefficient (Wildman–Crippen LogP) is 13.5. The van der Waals surface area contributed by atoms with E-state index in [-0.39, 0.29) is 0 Å². The van der Waals surface area contributed by atoms with E-state index in [2.05, 4.69) is 75.8 Å². The second-order valence-corrected chi connectivity index (χ2v) is 13.0. The van der Waals surface area contributed by atoms with Gasteiger partial charge in [-0.15, -0.1) is 6.58 Å². The summed E-state index contributed by atoms with van der Waals surface area (Å²) >= 11 is 0. The summed E-state index contributed by atoms with van der Waals surface area (Å²) in [5, 5.41) is 0. The summed E-state index contributed by atoms with van der Waals surface area (Å²) in [7, 11) is 0. The Bertz CT molecular complexity index is 480. The van der Waals surface area contributed by atoms with Crippen molar-refractivity contribution in [3.8, 4) is 0 Å². The zero-order valence-electron chi connectivity index (χ0n) is 28.6. The molecule has 0 saturated heterocycles. The zero-order chi connectivity index (χ0) is 29.0. The van der Waals surface area contributed by atoms with Crippen molar-refractivity contribution in [1.29, 1.82) is 0 Å². The second-order valence-electron chi connectivity index (χ2n) is 13.0. The third kappa shape index (κ3) is 13.0. The van der Waals surface area contributed by atoms with E-state index in [0.29, 0.717) is 16.2 Å². The molecule has 0 N–H and O–H groups in total. The van der Waals surface area contributed by atoms with Crippen LogP contribution in [0, 0.1) is 39.9 Å². The molecule has 2 saturated carbocycles. The van der Waals surface area contributed by atoms with E-state index in [0.717, 1.165) is 23.7 Å². The van der Waals surface area contributed by atoms with Crippen LogP contribution in [0.5, 0.6) is 0 Å². The molecule has 0 aromatic rings. The maximum absolute atomic E-state index is 3.36. The molecule has 0 amide bonds. The molecule has 0 aromatic carbocycles. The van der Waals surface area contributed by atoms with E-state index in [1.165, 1.54) is 77.0 Å². The van der Waals surface area contributed by atoms with Gasteiger partial charge in [0.15, 0.2) is 0 Å². The summed E-state index contributed by atoms with van der Waals surface area (Å²) in [4.78, 5) is 0. The van der Waals surface area contributed by atoms with Crippen molar-refractivity contribution >= 4 is 0 Å². The van der Waals surface area contributed by atoms with Crippen molar-refractivity contribution in [3.63, 3.8) is 0 Å². The van der Waals surface area contributed by atoms with Gasteiger partial charge < -0.3 is 0 Å². The molecule has 2 aliphatic rings. The summed E-state index contributed by atoms with van der Waals surface area (Å²) in [6.07, 6.45) is 19.3. The molecule has 0 bridgehead atoms. The van der Waals surface area contributed by atoms with Gasteiger partial charge in [-0.05, 0) is 85.4 Å². The molecule has 0 heterocycles. The van der Waals surface area contributed by atoms with Crippen molar-refractivity contribution < 1.29 is 0 Å². The van der Waals surface area contributed by atoms with Crippen LogP contribution in [0.1, 0.15) is 181 Å². The Morgan fingerprint density at radius 2 is 1.33 bits per heavy atom. The van der Waals surface area contributed by atoms with Crippen LogP contribution in [0.2, 0.25) is 0 Å². The van der Waals surface area contributed by atoms with Gasteiger partial charge in [0.1, 0.15) is 0 Å². The highest BCUT2D eigenvalue weighted by Crippen LogP contribution is 2.70. The molecule has 36 heavy (non-hydrogen) atoms. The smallest absolute Gasteiger partial charge is 0.0238 e. The van der Waals surface area contributed by atoms with Gasteiger partial charge >= 0.3 is 0 Å². The van der Waals surface area contributed by atoms with Crippen molar-refractivity contribution in [1.82, 2.24) is 0 Å². The first-order chi connectivity index (χ1) is 16.9. The normalized spacial score (nSPS) is 26.5. The van der Waals surface area contributed by atoms with Gasteiger partial charge in [0.25, 0.3) is 0 Å². The molecule has 0 radical (unpaired) electrons. The van der Waals surface area contributed by atoms with E-state index >= 15 is 0 Å². The van der Waals surface area contributed by atoms with Crippen LogP contribution in [-0.2, 0) is 0 Å². The van der Waals surface area contributed by atoms with Crippen LogP contribution in [0.25, 0.3) is 0 Å². The molecule has 0 aliphatic heterocycles. The highest BCUT2D eigenvalue weighted by molar-refractivity contribution is 5.10. The highest BCUT2D eigenvalue weighted by Gasteiger charge is 2.61. The van der Waals surface area contributed by atoms with Crippen LogP contribution < -0.4 is 0 Å². The molecule has 220 valence electrons. The standard InChI is InChI=1S/C26H50.C3H8.C3H6.2C2H6/c1-9-22(6)13-12-16-26(14-10-11-15-26)19-24(7)18-23(21(4)5)25(24,8)17-20(2)3;2*1-3-2;2*1-2/h20-23H,9-19H2,1-8H3;3H2,1-2H3;3H,1H2,2H3;2*1-2H3. The summed E-state index contributed by atoms with van der Waals surface area (Å²) in [6, 6.07) is 0. The van der Waals surface area contributed by atoms with Crippen molar-refractivity contribution in [3.05, 3.63) is 12.7 Å². The predicted molar refractivity (Wildman–Crippen MR) is 172 cm³/mol. The third-order valence-corrected chi connectivity index (χ3v) is 9.03. The Morgan fingerprint density at radius 1 is 0.889 bits per heavy atom. The minimum absolute atomic E-state index is 0.557. The van der Waals surface area contributed by atoms with Gasteiger partial charge in [0.05, 0.1) is 0 Å². The molecule has 2 aliphatic carbocycles. The van der Waals surface area contributed by atoms with Gasteiger partial charge in [0, 0.05) is 0 Å². The number of rotatable bonds is 10. The Kier molecular flexibility index (Phi) is 24.2. The lowest BCUT2D eigenvalue weighted by atomic mass is 9.38. The van der Waals surface area contributed by atoms with Crippen molar-refractivity contribution in [2.24, 2.45) is 39.9 Å². The minimum Gasteiger partial charge on any atom is -0.103 e. The molecule has 0 spiro atoms. The molecule has 2 rings (SSSR count). The maximum Gasteiger partial charge on any atom is -0.0238 e. The van der Waals surface area contributed by atoms with Gasteiger partial charge in [-0.25, -0.2) is 0 Å². The summed E-state index contributed by atoms with van der Waals surface area (Å²) < 4.78 is 0. The van der Waals surface area contributed by atoms with Crippen LogP contribution in [0.3, 0.4) is 0 Å².